The number of rotatable bonds is 6. The maximum Gasteiger partial charge on any atom is 0.232 e. The molecule has 1 aliphatic heterocycles. The number of benzene rings is 1. The smallest absolute Gasteiger partial charge is 0.232 e. The van der Waals surface area contributed by atoms with Crippen molar-refractivity contribution in [2.75, 3.05) is 39.0 Å². The van der Waals surface area contributed by atoms with Gasteiger partial charge < -0.3 is 9.80 Å². The van der Waals surface area contributed by atoms with Crippen LogP contribution in [0.3, 0.4) is 0 Å². The molecule has 0 N–H and O–H groups in total. The SMILES string of the molecule is CN(CCN1CCCC1)C(=O)CSc1ccc2c(c1)CCC2. The molecule has 22 heavy (non-hydrogen) atoms. The van der Waals surface area contributed by atoms with Crippen molar-refractivity contribution in [2.45, 2.75) is 37.0 Å². The number of amides is 1. The van der Waals surface area contributed by atoms with E-state index in [0.717, 1.165) is 13.1 Å². The van der Waals surface area contributed by atoms with Crippen molar-refractivity contribution in [1.82, 2.24) is 9.80 Å². The summed E-state index contributed by atoms with van der Waals surface area (Å²) in [5.74, 6) is 0.791. The first-order valence-corrected chi connectivity index (χ1v) is 9.42. The average Bonchev–Trinajstić information content (AvgIpc) is 3.20. The molecule has 0 bridgehead atoms. The first-order valence-electron chi connectivity index (χ1n) is 8.43. The van der Waals surface area contributed by atoms with Crippen molar-refractivity contribution in [1.29, 1.82) is 0 Å². The maximum atomic E-state index is 12.2. The molecule has 1 heterocycles. The highest BCUT2D eigenvalue weighted by Gasteiger charge is 2.15. The van der Waals surface area contributed by atoms with Gasteiger partial charge in [-0.05, 0) is 68.5 Å². The highest BCUT2D eigenvalue weighted by Crippen LogP contribution is 2.27. The fourth-order valence-corrected chi connectivity index (χ4v) is 4.22. The van der Waals surface area contributed by atoms with Crippen LogP contribution >= 0.6 is 11.8 Å². The van der Waals surface area contributed by atoms with E-state index in [0.29, 0.717) is 5.75 Å². The standard InChI is InChI=1S/C18H26N2OS/c1-19(11-12-20-9-2-3-10-20)18(21)14-22-17-8-7-15-5-4-6-16(15)13-17/h7-8,13H,2-6,9-12,14H2,1H3. The van der Waals surface area contributed by atoms with Crippen molar-refractivity contribution in [3.05, 3.63) is 29.3 Å². The first-order chi connectivity index (χ1) is 10.7. The Morgan fingerprint density at radius 2 is 1.95 bits per heavy atom. The zero-order chi connectivity index (χ0) is 15.4. The Kier molecular flexibility index (Phi) is 5.42. The Morgan fingerprint density at radius 3 is 2.77 bits per heavy atom. The van der Waals surface area contributed by atoms with E-state index in [4.69, 9.17) is 0 Å². The van der Waals surface area contributed by atoms with Gasteiger partial charge in [0.15, 0.2) is 0 Å². The molecule has 3 nitrogen and oxygen atoms in total. The number of thioether (sulfide) groups is 1. The molecule has 1 fully saturated rings. The molecule has 0 atom stereocenters. The van der Waals surface area contributed by atoms with Crippen LogP contribution in [0.4, 0.5) is 0 Å². The summed E-state index contributed by atoms with van der Waals surface area (Å²) < 4.78 is 0. The molecule has 1 aromatic rings. The molecule has 4 heteroatoms. The molecule has 1 saturated heterocycles. The van der Waals surface area contributed by atoms with Gasteiger partial charge in [0.2, 0.25) is 5.91 Å². The summed E-state index contributed by atoms with van der Waals surface area (Å²) in [6.07, 6.45) is 6.32. The van der Waals surface area contributed by atoms with E-state index in [9.17, 15) is 4.79 Å². The molecule has 1 amide bonds. The van der Waals surface area contributed by atoms with Crippen LogP contribution in [0.2, 0.25) is 0 Å². The van der Waals surface area contributed by atoms with Crippen molar-refractivity contribution < 1.29 is 4.79 Å². The lowest BCUT2D eigenvalue weighted by molar-refractivity contribution is -0.127. The van der Waals surface area contributed by atoms with Crippen LogP contribution in [0.25, 0.3) is 0 Å². The summed E-state index contributed by atoms with van der Waals surface area (Å²) in [5, 5.41) is 0. The molecule has 0 aromatic heterocycles. The topological polar surface area (TPSA) is 23.6 Å². The summed E-state index contributed by atoms with van der Waals surface area (Å²) in [6, 6.07) is 6.70. The Labute approximate surface area is 138 Å². The van der Waals surface area contributed by atoms with E-state index in [2.05, 4.69) is 23.1 Å². The van der Waals surface area contributed by atoms with Gasteiger partial charge in [0.25, 0.3) is 0 Å². The number of carbonyl (C=O) groups is 1. The molecule has 0 unspecified atom stereocenters. The zero-order valence-electron chi connectivity index (χ0n) is 13.5. The molecule has 1 aliphatic carbocycles. The van der Waals surface area contributed by atoms with Gasteiger partial charge in [-0.1, -0.05) is 6.07 Å². The summed E-state index contributed by atoms with van der Waals surface area (Å²) in [6.45, 7) is 4.27. The van der Waals surface area contributed by atoms with Crippen LogP contribution in [0, 0.1) is 0 Å². The third kappa shape index (κ3) is 4.05. The minimum atomic E-state index is 0.240. The van der Waals surface area contributed by atoms with Gasteiger partial charge >= 0.3 is 0 Å². The molecule has 120 valence electrons. The lowest BCUT2D eigenvalue weighted by atomic mass is 10.1. The van der Waals surface area contributed by atoms with Gasteiger partial charge in [-0.3, -0.25) is 4.79 Å². The van der Waals surface area contributed by atoms with Crippen molar-refractivity contribution in [3.63, 3.8) is 0 Å². The second-order valence-corrected chi connectivity index (χ2v) is 7.49. The normalized spacial score (nSPS) is 17.7. The number of nitrogens with zero attached hydrogens (tertiary/aromatic N) is 2. The third-order valence-electron chi connectivity index (χ3n) is 4.81. The number of carbonyl (C=O) groups excluding carboxylic acids is 1. The van der Waals surface area contributed by atoms with Gasteiger partial charge in [0.1, 0.15) is 0 Å². The summed E-state index contributed by atoms with van der Waals surface area (Å²) in [4.78, 5) is 17.8. The van der Waals surface area contributed by atoms with Crippen LogP contribution in [0.5, 0.6) is 0 Å². The Balaban J connectivity index is 1.43. The largest absolute Gasteiger partial charge is 0.344 e. The van der Waals surface area contributed by atoms with E-state index in [1.807, 2.05) is 11.9 Å². The predicted molar refractivity (Wildman–Crippen MR) is 92.5 cm³/mol. The fourth-order valence-electron chi connectivity index (χ4n) is 3.32. The number of hydrogen-bond donors (Lipinski definition) is 0. The summed E-state index contributed by atoms with van der Waals surface area (Å²) in [5.41, 5.74) is 2.98. The zero-order valence-corrected chi connectivity index (χ0v) is 14.3. The molecular weight excluding hydrogens is 292 g/mol. The van der Waals surface area contributed by atoms with Crippen LogP contribution in [0.15, 0.2) is 23.1 Å². The molecule has 0 saturated carbocycles. The van der Waals surface area contributed by atoms with Gasteiger partial charge in [-0.2, -0.15) is 0 Å². The van der Waals surface area contributed by atoms with Gasteiger partial charge in [0, 0.05) is 25.0 Å². The monoisotopic (exact) mass is 318 g/mol. The second-order valence-electron chi connectivity index (χ2n) is 6.44. The highest BCUT2D eigenvalue weighted by atomic mass is 32.2. The van der Waals surface area contributed by atoms with Gasteiger partial charge in [-0.15, -0.1) is 11.8 Å². The average molecular weight is 318 g/mol. The molecule has 3 rings (SSSR count). The third-order valence-corrected chi connectivity index (χ3v) is 5.79. The first kappa shape index (κ1) is 15.9. The van der Waals surface area contributed by atoms with E-state index >= 15 is 0 Å². The number of hydrogen-bond acceptors (Lipinski definition) is 3. The quantitative estimate of drug-likeness (QED) is 0.754. The van der Waals surface area contributed by atoms with Crippen LogP contribution < -0.4 is 0 Å². The summed E-state index contributed by atoms with van der Waals surface area (Å²) in [7, 11) is 1.93. The lowest BCUT2D eigenvalue weighted by Crippen LogP contribution is -2.36. The van der Waals surface area contributed by atoms with Crippen LogP contribution in [-0.2, 0) is 17.6 Å². The second kappa shape index (κ2) is 7.51. The number of likely N-dealkylation sites (N-methyl/N-ethyl adjacent to an activating group) is 1. The van der Waals surface area contributed by atoms with E-state index in [1.165, 1.54) is 61.2 Å². The fraction of sp³-hybridized carbons (Fsp3) is 0.611. The van der Waals surface area contributed by atoms with E-state index in [-0.39, 0.29) is 5.91 Å². The van der Waals surface area contributed by atoms with Gasteiger partial charge in [0.05, 0.1) is 5.75 Å². The van der Waals surface area contributed by atoms with Crippen molar-refractivity contribution >= 4 is 17.7 Å². The van der Waals surface area contributed by atoms with Crippen molar-refractivity contribution in [3.8, 4) is 0 Å². The summed E-state index contributed by atoms with van der Waals surface area (Å²) >= 11 is 1.68. The number of fused-ring (bicyclic) bond motifs is 1. The maximum absolute atomic E-state index is 12.2. The predicted octanol–water partition coefficient (Wildman–Crippen LogP) is 2.82. The Morgan fingerprint density at radius 1 is 1.18 bits per heavy atom. The van der Waals surface area contributed by atoms with E-state index in [1.54, 1.807) is 11.8 Å². The molecular formula is C18H26N2OS. The van der Waals surface area contributed by atoms with Gasteiger partial charge in [-0.25, -0.2) is 0 Å². The molecule has 0 radical (unpaired) electrons. The Bertz CT molecular complexity index is 526. The molecule has 0 spiro atoms. The van der Waals surface area contributed by atoms with E-state index < -0.39 is 0 Å². The molecule has 2 aliphatic rings. The lowest BCUT2D eigenvalue weighted by Gasteiger charge is -2.21. The molecule has 1 aromatic carbocycles. The number of likely N-dealkylation sites (tertiary alicyclic amines) is 1. The minimum Gasteiger partial charge on any atom is -0.344 e. The highest BCUT2D eigenvalue weighted by molar-refractivity contribution is 8.00. The Hall–Kier alpha value is -1.00. The number of aryl methyl sites for hydroxylation is 2. The van der Waals surface area contributed by atoms with Crippen LogP contribution in [-0.4, -0.2) is 54.7 Å². The minimum absolute atomic E-state index is 0.240. The van der Waals surface area contributed by atoms with Crippen LogP contribution in [0.1, 0.15) is 30.4 Å². The van der Waals surface area contributed by atoms with Crippen molar-refractivity contribution in [2.24, 2.45) is 0 Å².